The second-order valence-corrected chi connectivity index (χ2v) is 7.52. The smallest absolute Gasteiger partial charge is 0.203 e. The van der Waals surface area contributed by atoms with Gasteiger partial charge in [0.05, 0.1) is 33.2 Å². The quantitative estimate of drug-likeness (QED) is 0.387. The number of imidazole rings is 1. The van der Waals surface area contributed by atoms with E-state index in [-0.39, 0.29) is 5.82 Å². The zero-order valence-electron chi connectivity index (χ0n) is 17.8. The lowest BCUT2D eigenvalue weighted by atomic mass is 10.1. The summed E-state index contributed by atoms with van der Waals surface area (Å²) >= 11 is 1.33. The van der Waals surface area contributed by atoms with Crippen molar-refractivity contribution < 1.29 is 18.6 Å². The van der Waals surface area contributed by atoms with Gasteiger partial charge in [-0.3, -0.25) is 0 Å². The predicted octanol–water partition coefficient (Wildman–Crippen LogP) is 4.83. The standard InChI is InChI=1S/C22H20FN5O3S/c1-29-16-7-12(8-17(30-2)20(16)31-3)19-22(28-21(27-19)13(10-24)11-25-28)26-14-5-6-18(32-4)15(23)9-14/h5-9,11,26-27H,1-4H3. The molecule has 8 nitrogen and oxygen atoms in total. The van der Waals surface area contributed by atoms with Crippen LogP contribution in [0.1, 0.15) is 5.56 Å². The van der Waals surface area contributed by atoms with Crippen molar-refractivity contribution in [3.63, 3.8) is 0 Å². The molecule has 0 atom stereocenters. The number of thioether (sulfide) groups is 1. The fourth-order valence-corrected chi connectivity index (χ4v) is 3.89. The molecule has 32 heavy (non-hydrogen) atoms. The Balaban J connectivity index is 1.91. The number of rotatable bonds is 7. The van der Waals surface area contributed by atoms with Gasteiger partial charge in [0.25, 0.3) is 0 Å². The van der Waals surface area contributed by atoms with E-state index in [0.29, 0.717) is 56.1 Å². The Labute approximate surface area is 187 Å². The number of halogens is 1. The van der Waals surface area contributed by atoms with Crippen molar-refractivity contribution in [1.29, 1.82) is 5.26 Å². The molecule has 0 saturated carbocycles. The number of aromatic amines is 1. The van der Waals surface area contributed by atoms with Gasteiger partial charge in [-0.1, -0.05) is 0 Å². The van der Waals surface area contributed by atoms with Gasteiger partial charge in [0, 0.05) is 16.1 Å². The molecule has 0 bridgehead atoms. The second-order valence-electron chi connectivity index (χ2n) is 6.67. The molecule has 0 fully saturated rings. The van der Waals surface area contributed by atoms with Crippen molar-refractivity contribution in [1.82, 2.24) is 14.6 Å². The number of benzene rings is 2. The Bertz CT molecular complexity index is 1320. The SMILES string of the molecule is COc1cc(-c2[nH]c3c(C#N)cnn3c2Nc2ccc(SC)c(F)c2)cc(OC)c1OC. The van der Waals surface area contributed by atoms with E-state index in [1.54, 1.807) is 28.8 Å². The number of aromatic nitrogens is 3. The number of H-pyrrole nitrogens is 1. The molecular formula is C22H20FN5O3S. The normalized spacial score (nSPS) is 10.8. The molecule has 2 aromatic heterocycles. The summed E-state index contributed by atoms with van der Waals surface area (Å²) in [5, 5.41) is 17.0. The molecule has 2 heterocycles. The molecule has 0 spiro atoms. The van der Waals surface area contributed by atoms with E-state index in [2.05, 4.69) is 21.5 Å². The highest BCUT2D eigenvalue weighted by atomic mass is 32.2. The van der Waals surface area contributed by atoms with Crippen LogP contribution < -0.4 is 19.5 Å². The van der Waals surface area contributed by atoms with Crippen molar-refractivity contribution in [2.75, 3.05) is 32.9 Å². The first-order valence-electron chi connectivity index (χ1n) is 9.45. The number of anilines is 2. The van der Waals surface area contributed by atoms with Gasteiger partial charge in [-0.25, -0.2) is 4.39 Å². The molecule has 0 aliphatic carbocycles. The summed E-state index contributed by atoms with van der Waals surface area (Å²) in [6, 6.07) is 10.6. The summed E-state index contributed by atoms with van der Waals surface area (Å²) < 4.78 is 32.3. The van der Waals surface area contributed by atoms with E-state index in [1.165, 1.54) is 45.4 Å². The molecule has 10 heteroatoms. The first kappa shape index (κ1) is 21.4. The number of ether oxygens (including phenoxy) is 3. The first-order chi connectivity index (χ1) is 15.5. The molecule has 0 unspecified atom stereocenters. The van der Waals surface area contributed by atoms with Crippen molar-refractivity contribution in [2.24, 2.45) is 0 Å². The number of nitrogens with zero attached hydrogens (tertiary/aromatic N) is 3. The molecule has 2 N–H and O–H groups in total. The second kappa shape index (κ2) is 8.72. The molecule has 0 radical (unpaired) electrons. The lowest BCUT2D eigenvalue weighted by molar-refractivity contribution is 0.324. The lowest BCUT2D eigenvalue weighted by Crippen LogP contribution is -2.00. The Morgan fingerprint density at radius 1 is 1.12 bits per heavy atom. The molecule has 4 rings (SSSR count). The van der Waals surface area contributed by atoms with E-state index in [1.807, 2.05) is 6.26 Å². The van der Waals surface area contributed by atoms with Crippen LogP contribution in [0.5, 0.6) is 17.2 Å². The summed E-state index contributed by atoms with van der Waals surface area (Å²) in [5.41, 5.74) is 2.70. The minimum absolute atomic E-state index is 0.332. The first-order valence-corrected chi connectivity index (χ1v) is 10.7. The van der Waals surface area contributed by atoms with Crippen LogP contribution >= 0.6 is 11.8 Å². The molecule has 2 aromatic carbocycles. The summed E-state index contributed by atoms with van der Waals surface area (Å²) in [4.78, 5) is 3.79. The van der Waals surface area contributed by atoms with Crippen LogP contribution in [0.15, 0.2) is 41.4 Å². The fraction of sp³-hybridized carbons (Fsp3) is 0.182. The highest BCUT2D eigenvalue weighted by Gasteiger charge is 2.21. The van der Waals surface area contributed by atoms with Crippen molar-refractivity contribution in [3.05, 3.63) is 47.9 Å². The predicted molar refractivity (Wildman–Crippen MR) is 121 cm³/mol. The third kappa shape index (κ3) is 3.56. The molecule has 4 aromatic rings. The average molecular weight is 453 g/mol. The Morgan fingerprint density at radius 3 is 2.41 bits per heavy atom. The van der Waals surface area contributed by atoms with E-state index < -0.39 is 0 Å². The van der Waals surface area contributed by atoms with Crippen LogP contribution in [0.2, 0.25) is 0 Å². The van der Waals surface area contributed by atoms with Crippen LogP contribution in [0.3, 0.4) is 0 Å². The number of hydrogen-bond acceptors (Lipinski definition) is 7. The molecular weight excluding hydrogens is 433 g/mol. The number of fused-ring (bicyclic) bond motifs is 1. The molecule has 0 aliphatic rings. The van der Waals surface area contributed by atoms with Crippen LogP contribution in [-0.4, -0.2) is 42.2 Å². The molecule has 0 aliphatic heterocycles. The summed E-state index contributed by atoms with van der Waals surface area (Å²) in [6.07, 6.45) is 3.28. The number of nitrogens with one attached hydrogen (secondary N) is 2. The van der Waals surface area contributed by atoms with Gasteiger partial charge < -0.3 is 24.5 Å². The van der Waals surface area contributed by atoms with Gasteiger partial charge in [-0.15, -0.1) is 11.8 Å². The third-order valence-corrected chi connectivity index (χ3v) is 5.72. The van der Waals surface area contributed by atoms with E-state index in [0.717, 1.165) is 0 Å². The van der Waals surface area contributed by atoms with Gasteiger partial charge in [-0.05, 0) is 36.6 Å². The largest absolute Gasteiger partial charge is 0.493 e. The highest BCUT2D eigenvalue weighted by Crippen LogP contribution is 2.43. The Morgan fingerprint density at radius 2 is 1.84 bits per heavy atom. The maximum absolute atomic E-state index is 14.4. The van der Waals surface area contributed by atoms with Gasteiger partial charge in [-0.2, -0.15) is 14.9 Å². The zero-order valence-corrected chi connectivity index (χ0v) is 18.6. The van der Waals surface area contributed by atoms with Crippen LogP contribution in [0.25, 0.3) is 16.9 Å². The minimum atomic E-state index is -0.332. The average Bonchev–Trinajstić information content (AvgIpc) is 3.37. The van der Waals surface area contributed by atoms with Crippen LogP contribution in [0, 0.1) is 17.1 Å². The monoisotopic (exact) mass is 453 g/mol. The summed E-state index contributed by atoms with van der Waals surface area (Å²) in [7, 11) is 4.60. The van der Waals surface area contributed by atoms with Crippen LogP contribution in [-0.2, 0) is 0 Å². The fourth-order valence-electron chi connectivity index (χ4n) is 3.43. The van der Waals surface area contributed by atoms with Crippen molar-refractivity contribution >= 4 is 28.9 Å². The number of methoxy groups -OCH3 is 3. The third-order valence-electron chi connectivity index (χ3n) is 4.95. The summed E-state index contributed by atoms with van der Waals surface area (Å²) in [5.74, 6) is 1.58. The van der Waals surface area contributed by atoms with Gasteiger partial charge in [0.2, 0.25) is 5.75 Å². The van der Waals surface area contributed by atoms with Gasteiger partial charge in [0.15, 0.2) is 23.0 Å². The maximum Gasteiger partial charge on any atom is 0.203 e. The van der Waals surface area contributed by atoms with E-state index in [9.17, 15) is 9.65 Å². The number of nitriles is 1. The Hall–Kier alpha value is -3.84. The minimum Gasteiger partial charge on any atom is -0.493 e. The maximum atomic E-state index is 14.4. The zero-order chi connectivity index (χ0) is 22.8. The highest BCUT2D eigenvalue weighted by molar-refractivity contribution is 7.98. The van der Waals surface area contributed by atoms with E-state index in [4.69, 9.17) is 14.2 Å². The van der Waals surface area contributed by atoms with Gasteiger partial charge in [0.1, 0.15) is 17.4 Å². The molecule has 0 saturated heterocycles. The van der Waals surface area contributed by atoms with Crippen LogP contribution in [0.4, 0.5) is 15.9 Å². The molecule has 164 valence electrons. The molecule has 0 amide bonds. The lowest BCUT2D eigenvalue weighted by Gasteiger charge is -2.15. The van der Waals surface area contributed by atoms with Crippen molar-refractivity contribution in [3.8, 4) is 34.6 Å². The van der Waals surface area contributed by atoms with Crippen molar-refractivity contribution in [2.45, 2.75) is 4.90 Å². The van der Waals surface area contributed by atoms with E-state index >= 15 is 0 Å². The number of hydrogen-bond donors (Lipinski definition) is 2. The Kier molecular flexibility index (Phi) is 5.83. The van der Waals surface area contributed by atoms with Gasteiger partial charge >= 0.3 is 0 Å². The summed E-state index contributed by atoms with van der Waals surface area (Å²) in [6.45, 7) is 0. The topological polar surface area (TPSA) is 96.6 Å².